The lowest BCUT2D eigenvalue weighted by Gasteiger charge is -2.49. The first-order valence-corrected chi connectivity index (χ1v) is 21.2. The van der Waals surface area contributed by atoms with Crippen LogP contribution >= 0.6 is 0 Å². The number of nitrogens with zero attached hydrogens (tertiary/aromatic N) is 3. The van der Waals surface area contributed by atoms with Crippen LogP contribution in [0.15, 0.2) is 65.6 Å². The van der Waals surface area contributed by atoms with Gasteiger partial charge in [-0.25, -0.2) is 37.6 Å². The number of alkyl carbamates (subject to hydrolysis) is 2. The molecule has 0 aromatic heterocycles. The molecule has 1 saturated heterocycles. The lowest BCUT2D eigenvalue weighted by atomic mass is 10.0. The van der Waals surface area contributed by atoms with Crippen LogP contribution in [0.4, 0.5) is 19.2 Å². The summed E-state index contributed by atoms with van der Waals surface area (Å²) < 4.78 is 73.9. The van der Waals surface area contributed by atoms with Crippen LogP contribution in [0.3, 0.4) is 0 Å². The van der Waals surface area contributed by atoms with E-state index in [1.165, 1.54) is 40.6 Å². The zero-order valence-electron chi connectivity index (χ0n) is 36.7. The number of benzene rings is 3. The zero-order valence-corrected chi connectivity index (χ0v) is 37.6. The maximum Gasteiger partial charge on any atom is 0.429 e. The number of hydrogen-bond acceptors (Lipinski definition) is 14. The summed E-state index contributed by atoms with van der Waals surface area (Å²) in [5.74, 6) is 4.04. The number of amides is 4. The fourth-order valence-corrected chi connectivity index (χ4v) is 7.75. The summed E-state index contributed by atoms with van der Waals surface area (Å²) in [6.07, 6.45) is -3.33. The molecule has 19 nitrogen and oxygen atoms in total. The highest BCUT2D eigenvalue weighted by Gasteiger charge is 2.53. The van der Waals surface area contributed by atoms with Gasteiger partial charge in [0, 0.05) is 19.6 Å². The van der Waals surface area contributed by atoms with Crippen molar-refractivity contribution in [3.05, 3.63) is 77.4 Å². The highest BCUT2D eigenvalue weighted by atomic mass is 32.2. The first-order chi connectivity index (χ1) is 29.9. The Morgan fingerprint density at radius 3 is 1.71 bits per heavy atom. The normalized spacial score (nSPS) is 16.1. The van der Waals surface area contributed by atoms with Crippen molar-refractivity contribution in [2.75, 3.05) is 48.1 Å². The van der Waals surface area contributed by atoms with Gasteiger partial charge in [-0.15, -0.1) is 6.42 Å². The summed E-state index contributed by atoms with van der Waals surface area (Å²) in [6.45, 7) is 5.98. The van der Waals surface area contributed by atoms with Crippen molar-refractivity contribution in [3.8, 4) is 35.3 Å². The van der Waals surface area contributed by atoms with Gasteiger partial charge in [0.05, 0.1) is 58.6 Å². The number of rotatable bonds is 17. The molecule has 0 radical (unpaired) electrons. The standard InChI is InChI=1S/C43H55N5O14S/c1-11-20-46(63(53,54)32-16-12-29(6)13-17-32)25-33-39(62-41(50)45-24-31-15-19-35(56-8)37(22-31)58-10)38(26-47(42(51)59-27(2)3)48(33)43(52)60-28(4)5)61-40(49)44-23-30-14-18-34(55-7)36(21-30)57-9/h1,12-19,21-22,27-28,33,38-39H,20,23-26H2,2-10H3,(H,44,49)(H,45,50)/t33-,38+,39-/m1/s1. The average Bonchev–Trinajstić information content (AvgIpc) is 3.24. The highest BCUT2D eigenvalue weighted by molar-refractivity contribution is 7.89. The van der Waals surface area contributed by atoms with E-state index < -0.39 is 84.5 Å². The average molecular weight is 898 g/mol. The van der Waals surface area contributed by atoms with E-state index in [1.807, 2.05) is 0 Å². The van der Waals surface area contributed by atoms with Crippen LogP contribution in [-0.4, -0.2) is 126 Å². The third-order valence-corrected chi connectivity index (χ3v) is 11.2. The minimum Gasteiger partial charge on any atom is -0.493 e. The zero-order chi connectivity index (χ0) is 46.4. The number of aryl methyl sites for hydroxylation is 1. The Morgan fingerprint density at radius 1 is 0.746 bits per heavy atom. The van der Waals surface area contributed by atoms with E-state index in [0.29, 0.717) is 34.1 Å². The number of carbonyl (C=O) groups is 4. The largest absolute Gasteiger partial charge is 0.493 e. The van der Waals surface area contributed by atoms with Gasteiger partial charge in [0.25, 0.3) is 0 Å². The maximum absolute atomic E-state index is 14.3. The number of ether oxygens (including phenoxy) is 8. The van der Waals surface area contributed by atoms with Gasteiger partial charge in [-0.05, 0) is 82.1 Å². The van der Waals surface area contributed by atoms with Crippen molar-refractivity contribution < 1.29 is 65.5 Å². The third kappa shape index (κ3) is 13.0. The number of nitrogens with one attached hydrogen (secondary N) is 2. The van der Waals surface area contributed by atoms with E-state index in [4.69, 9.17) is 44.3 Å². The van der Waals surface area contributed by atoms with Gasteiger partial charge < -0.3 is 48.5 Å². The number of methoxy groups -OCH3 is 4. The first-order valence-electron chi connectivity index (χ1n) is 19.7. The SMILES string of the molecule is C#CCN(C[C@@H]1[C@@H](OC(=O)NCc2ccc(OC)c(OC)c2)[C@@H](OC(=O)NCc2ccc(OC)c(OC)c2)CN(C(=O)OC(C)C)N1C(=O)OC(C)C)S(=O)(=O)c1ccc(C)cc1. The lowest BCUT2D eigenvalue weighted by molar-refractivity contribution is -0.161. The van der Waals surface area contributed by atoms with Gasteiger partial charge in [0.1, 0.15) is 6.04 Å². The number of terminal acetylenes is 1. The second-order valence-electron chi connectivity index (χ2n) is 14.6. The monoisotopic (exact) mass is 897 g/mol. The first kappa shape index (κ1) is 49.1. The summed E-state index contributed by atoms with van der Waals surface area (Å²) in [6, 6.07) is 14.2. The Morgan fingerprint density at radius 2 is 1.24 bits per heavy atom. The van der Waals surface area contributed by atoms with E-state index in [9.17, 15) is 27.6 Å². The molecule has 0 aliphatic carbocycles. The van der Waals surface area contributed by atoms with Gasteiger partial charge in [0.2, 0.25) is 10.0 Å². The van der Waals surface area contributed by atoms with Crippen molar-refractivity contribution >= 4 is 34.4 Å². The molecule has 0 bridgehead atoms. The fraction of sp³-hybridized carbons (Fsp3) is 0.442. The Kier molecular flexibility index (Phi) is 17.5. The molecule has 1 heterocycles. The van der Waals surface area contributed by atoms with Crippen LogP contribution in [0, 0.1) is 19.3 Å². The molecule has 63 heavy (non-hydrogen) atoms. The topological polar surface area (TPSA) is 210 Å². The predicted octanol–water partition coefficient (Wildman–Crippen LogP) is 5.23. The quantitative estimate of drug-likeness (QED) is 0.131. The second-order valence-corrected chi connectivity index (χ2v) is 16.5. The summed E-state index contributed by atoms with van der Waals surface area (Å²) in [7, 11) is 1.42. The summed E-state index contributed by atoms with van der Waals surface area (Å²) >= 11 is 0. The molecular formula is C43H55N5O14S. The van der Waals surface area contributed by atoms with Gasteiger partial charge in [-0.2, -0.15) is 4.31 Å². The molecule has 1 aliphatic heterocycles. The van der Waals surface area contributed by atoms with Crippen LogP contribution in [0.2, 0.25) is 0 Å². The Hall–Kier alpha value is -6.59. The molecule has 1 fully saturated rings. The molecule has 0 spiro atoms. The van der Waals surface area contributed by atoms with E-state index in [-0.39, 0.29) is 18.0 Å². The van der Waals surface area contributed by atoms with Crippen LogP contribution in [0.5, 0.6) is 23.0 Å². The maximum atomic E-state index is 14.3. The minimum absolute atomic E-state index is 0.0800. The van der Waals surface area contributed by atoms with Gasteiger partial charge in [-0.1, -0.05) is 35.7 Å². The smallest absolute Gasteiger partial charge is 0.429 e. The molecule has 3 aromatic rings. The van der Waals surface area contributed by atoms with E-state index in [1.54, 1.807) is 83.1 Å². The van der Waals surface area contributed by atoms with Crippen LogP contribution in [0.25, 0.3) is 0 Å². The predicted molar refractivity (Wildman–Crippen MR) is 228 cm³/mol. The minimum atomic E-state index is -4.45. The number of sulfonamides is 1. The molecule has 2 N–H and O–H groups in total. The lowest BCUT2D eigenvalue weighted by Crippen LogP contribution is -2.71. The molecule has 20 heteroatoms. The summed E-state index contributed by atoms with van der Waals surface area (Å²) in [5.41, 5.74) is 1.94. The summed E-state index contributed by atoms with van der Waals surface area (Å²) in [4.78, 5) is 55.5. The van der Waals surface area contributed by atoms with E-state index in [2.05, 4.69) is 16.6 Å². The van der Waals surface area contributed by atoms with Gasteiger partial charge >= 0.3 is 24.4 Å². The molecular weight excluding hydrogens is 843 g/mol. The molecule has 4 rings (SSSR count). The van der Waals surface area contributed by atoms with Gasteiger partial charge in [-0.3, -0.25) is 0 Å². The van der Waals surface area contributed by atoms with Crippen molar-refractivity contribution in [1.82, 2.24) is 25.0 Å². The van der Waals surface area contributed by atoms with E-state index >= 15 is 0 Å². The molecule has 0 unspecified atom stereocenters. The number of carbonyl (C=O) groups excluding carboxylic acids is 4. The fourth-order valence-electron chi connectivity index (χ4n) is 6.37. The van der Waals surface area contributed by atoms with Crippen molar-refractivity contribution in [2.24, 2.45) is 0 Å². The summed E-state index contributed by atoms with van der Waals surface area (Å²) in [5, 5.41) is 6.88. The van der Waals surface area contributed by atoms with E-state index in [0.717, 1.165) is 19.9 Å². The highest BCUT2D eigenvalue weighted by Crippen LogP contribution is 2.31. The molecule has 0 saturated carbocycles. The molecule has 1 aliphatic rings. The van der Waals surface area contributed by atoms with Crippen molar-refractivity contribution in [2.45, 2.75) is 83.1 Å². The molecule has 3 aromatic carbocycles. The Labute approximate surface area is 367 Å². The van der Waals surface area contributed by atoms with Crippen LogP contribution in [-0.2, 0) is 42.1 Å². The number of hydrogen-bond donors (Lipinski definition) is 2. The third-order valence-electron chi connectivity index (χ3n) is 9.33. The second kappa shape index (κ2) is 22.5. The van der Waals surface area contributed by atoms with Crippen molar-refractivity contribution in [3.63, 3.8) is 0 Å². The Bertz CT molecular complexity index is 2210. The molecule has 3 atom stereocenters. The molecule has 4 amide bonds. The Balaban J connectivity index is 1.83. The number of hydrazine groups is 1. The van der Waals surface area contributed by atoms with Crippen molar-refractivity contribution in [1.29, 1.82) is 0 Å². The van der Waals surface area contributed by atoms with Crippen LogP contribution in [0.1, 0.15) is 44.4 Å². The van der Waals surface area contributed by atoms with Crippen LogP contribution < -0.4 is 29.6 Å². The van der Waals surface area contributed by atoms with Gasteiger partial charge in [0.15, 0.2) is 35.2 Å². The molecule has 342 valence electrons.